The predicted octanol–water partition coefficient (Wildman–Crippen LogP) is 1.69. The van der Waals surface area contributed by atoms with Gasteiger partial charge < -0.3 is 20.3 Å². The van der Waals surface area contributed by atoms with Crippen LogP contribution in [0.15, 0.2) is 0 Å². The molecule has 0 amide bonds. The van der Waals surface area contributed by atoms with E-state index in [2.05, 4.69) is 12.2 Å². The fraction of sp³-hybridized carbons (Fsp3) is 1.00. The second-order valence-electron chi connectivity index (χ2n) is 6.27. The quantitative estimate of drug-likeness (QED) is 0.630. The molecule has 0 saturated heterocycles. The van der Waals surface area contributed by atoms with Gasteiger partial charge in [-0.2, -0.15) is 0 Å². The van der Waals surface area contributed by atoms with Crippen LogP contribution in [0.25, 0.3) is 0 Å². The first kappa shape index (κ1) is 16.9. The van der Waals surface area contributed by atoms with Gasteiger partial charge in [-0.1, -0.05) is 26.7 Å². The summed E-state index contributed by atoms with van der Waals surface area (Å²) in [6.45, 7) is 7.33. The van der Waals surface area contributed by atoms with Crippen LogP contribution in [0.2, 0.25) is 0 Å². The molecule has 4 unspecified atom stereocenters. The summed E-state index contributed by atoms with van der Waals surface area (Å²) < 4.78 is 5.81. The van der Waals surface area contributed by atoms with Crippen molar-refractivity contribution in [2.45, 2.75) is 70.7 Å². The van der Waals surface area contributed by atoms with Gasteiger partial charge in [0.2, 0.25) is 0 Å². The van der Waals surface area contributed by atoms with Crippen molar-refractivity contribution < 1.29 is 14.9 Å². The molecule has 0 aliphatic heterocycles. The Balaban J connectivity index is 2.12. The Labute approximate surface area is 117 Å². The topological polar surface area (TPSA) is 61.7 Å². The second kappa shape index (κ2) is 8.20. The number of aliphatic hydroxyl groups is 2. The highest BCUT2D eigenvalue weighted by Crippen LogP contribution is 2.26. The van der Waals surface area contributed by atoms with Crippen molar-refractivity contribution in [3.05, 3.63) is 0 Å². The summed E-state index contributed by atoms with van der Waals surface area (Å²) in [5.41, 5.74) is -0.696. The molecule has 1 fully saturated rings. The van der Waals surface area contributed by atoms with Crippen molar-refractivity contribution in [1.29, 1.82) is 0 Å². The summed E-state index contributed by atoms with van der Waals surface area (Å²) >= 11 is 0. The summed E-state index contributed by atoms with van der Waals surface area (Å²) in [6.07, 6.45) is 5.40. The minimum atomic E-state index is -0.696. The standard InChI is InChI=1S/C15H31NO3/c1-4-15(3,18)11-16-9-13(17)10-19-14-8-6-5-7-12(14)2/h12-14,16-18H,4-11H2,1-3H3. The Morgan fingerprint density at radius 1 is 1.37 bits per heavy atom. The summed E-state index contributed by atoms with van der Waals surface area (Å²) in [6, 6.07) is 0. The average Bonchev–Trinajstić information content (AvgIpc) is 2.37. The van der Waals surface area contributed by atoms with E-state index in [1.807, 2.05) is 6.92 Å². The van der Waals surface area contributed by atoms with Gasteiger partial charge in [0, 0.05) is 13.1 Å². The maximum Gasteiger partial charge on any atom is 0.0897 e. The smallest absolute Gasteiger partial charge is 0.0897 e. The molecule has 4 nitrogen and oxygen atoms in total. The van der Waals surface area contributed by atoms with Crippen LogP contribution >= 0.6 is 0 Å². The lowest BCUT2D eigenvalue weighted by atomic mass is 9.88. The van der Waals surface area contributed by atoms with Crippen LogP contribution in [0.1, 0.15) is 52.9 Å². The molecule has 0 bridgehead atoms. The van der Waals surface area contributed by atoms with Gasteiger partial charge in [-0.15, -0.1) is 0 Å². The maximum absolute atomic E-state index is 9.87. The number of rotatable bonds is 8. The molecule has 1 saturated carbocycles. The van der Waals surface area contributed by atoms with Crippen molar-refractivity contribution in [3.8, 4) is 0 Å². The molecule has 0 radical (unpaired) electrons. The van der Waals surface area contributed by atoms with Crippen LogP contribution in [0.5, 0.6) is 0 Å². The zero-order valence-electron chi connectivity index (χ0n) is 12.7. The zero-order chi connectivity index (χ0) is 14.3. The molecule has 1 rings (SSSR count). The van der Waals surface area contributed by atoms with Crippen LogP contribution in [0, 0.1) is 5.92 Å². The van der Waals surface area contributed by atoms with E-state index in [-0.39, 0.29) is 0 Å². The van der Waals surface area contributed by atoms with Gasteiger partial charge in [0.05, 0.1) is 24.4 Å². The minimum Gasteiger partial charge on any atom is -0.389 e. The SMILES string of the molecule is CCC(C)(O)CNCC(O)COC1CCCCC1C. The Hall–Kier alpha value is -0.160. The first-order valence-corrected chi connectivity index (χ1v) is 7.67. The number of nitrogens with one attached hydrogen (secondary N) is 1. The zero-order valence-corrected chi connectivity index (χ0v) is 12.7. The van der Waals surface area contributed by atoms with E-state index < -0.39 is 11.7 Å². The molecule has 3 N–H and O–H groups in total. The molecular formula is C15H31NO3. The molecule has 1 aliphatic carbocycles. The van der Waals surface area contributed by atoms with E-state index in [9.17, 15) is 10.2 Å². The molecule has 4 atom stereocenters. The highest BCUT2D eigenvalue weighted by Gasteiger charge is 2.23. The third kappa shape index (κ3) is 6.70. The molecule has 4 heteroatoms. The summed E-state index contributed by atoms with van der Waals surface area (Å²) in [4.78, 5) is 0. The van der Waals surface area contributed by atoms with E-state index in [4.69, 9.17) is 4.74 Å². The van der Waals surface area contributed by atoms with Crippen molar-refractivity contribution in [2.75, 3.05) is 19.7 Å². The largest absolute Gasteiger partial charge is 0.389 e. The van der Waals surface area contributed by atoms with Gasteiger partial charge in [0.15, 0.2) is 0 Å². The van der Waals surface area contributed by atoms with Crippen molar-refractivity contribution in [1.82, 2.24) is 5.32 Å². The molecule has 0 aromatic carbocycles. The molecule has 0 heterocycles. The summed E-state index contributed by atoms with van der Waals surface area (Å²) in [7, 11) is 0. The van der Waals surface area contributed by atoms with Gasteiger partial charge in [-0.25, -0.2) is 0 Å². The fourth-order valence-corrected chi connectivity index (χ4v) is 2.46. The summed E-state index contributed by atoms with van der Waals surface area (Å²) in [5, 5.41) is 22.8. The van der Waals surface area contributed by atoms with E-state index >= 15 is 0 Å². The molecule has 0 spiro atoms. The van der Waals surface area contributed by atoms with E-state index in [1.54, 1.807) is 6.92 Å². The van der Waals surface area contributed by atoms with Crippen LogP contribution in [-0.2, 0) is 4.74 Å². The van der Waals surface area contributed by atoms with Gasteiger partial charge in [0.25, 0.3) is 0 Å². The predicted molar refractivity (Wildman–Crippen MR) is 77.2 cm³/mol. The highest BCUT2D eigenvalue weighted by atomic mass is 16.5. The number of hydrogen-bond acceptors (Lipinski definition) is 4. The van der Waals surface area contributed by atoms with Gasteiger partial charge in [0.1, 0.15) is 0 Å². The van der Waals surface area contributed by atoms with Crippen molar-refractivity contribution >= 4 is 0 Å². The van der Waals surface area contributed by atoms with Crippen molar-refractivity contribution in [2.24, 2.45) is 5.92 Å². The molecule has 114 valence electrons. The van der Waals surface area contributed by atoms with Gasteiger partial charge >= 0.3 is 0 Å². The van der Waals surface area contributed by atoms with Gasteiger partial charge in [-0.05, 0) is 32.1 Å². The highest BCUT2D eigenvalue weighted by molar-refractivity contribution is 4.75. The maximum atomic E-state index is 9.87. The van der Waals surface area contributed by atoms with Crippen LogP contribution < -0.4 is 5.32 Å². The Kier molecular flexibility index (Phi) is 7.29. The number of hydrogen-bond donors (Lipinski definition) is 3. The first-order chi connectivity index (χ1) is 8.94. The average molecular weight is 273 g/mol. The Bertz CT molecular complexity index is 246. The fourth-order valence-electron chi connectivity index (χ4n) is 2.46. The third-order valence-electron chi connectivity index (χ3n) is 4.18. The number of aliphatic hydroxyl groups excluding tert-OH is 1. The van der Waals surface area contributed by atoms with E-state index in [0.29, 0.717) is 38.1 Å². The van der Waals surface area contributed by atoms with Crippen LogP contribution in [0.4, 0.5) is 0 Å². The molecule has 0 aromatic rings. The second-order valence-corrected chi connectivity index (χ2v) is 6.27. The monoisotopic (exact) mass is 273 g/mol. The molecule has 1 aliphatic rings. The van der Waals surface area contributed by atoms with Gasteiger partial charge in [-0.3, -0.25) is 0 Å². The normalized spacial score (nSPS) is 28.9. The summed E-state index contributed by atoms with van der Waals surface area (Å²) in [5.74, 6) is 0.606. The lowest BCUT2D eigenvalue weighted by Gasteiger charge is -2.29. The van der Waals surface area contributed by atoms with E-state index in [1.165, 1.54) is 19.3 Å². The van der Waals surface area contributed by atoms with Crippen LogP contribution in [0.3, 0.4) is 0 Å². The third-order valence-corrected chi connectivity index (χ3v) is 4.18. The number of ether oxygens (including phenoxy) is 1. The Morgan fingerprint density at radius 3 is 2.68 bits per heavy atom. The lowest BCUT2D eigenvalue weighted by molar-refractivity contribution is -0.0463. The molecular weight excluding hydrogens is 242 g/mol. The Morgan fingerprint density at radius 2 is 2.05 bits per heavy atom. The minimum absolute atomic E-state index is 0.308. The molecule has 0 aromatic heterocycles. The first-order valence-electron chi connectivity index (χ1n) is 7.67. The lowest BCUT2D eigenvalue weighted by Crippen LogP contribution is -2.41. The van der Waals surface area contributed by atoms with Crippen molar-refractivity contribution in [3.63, 3.8) is 0 Å². The van der Waals surface area contributed by atoms with E-state index in [0.717, 1.165) is 6.42 Å². The van der Waals surface area contributed by atoms with Crippen LogP contribution in [-0.4, -0.2) is 47.7 Å². The molecule has 19 heavy (non-hydrogen) atoms.